The fraction of sp³-hybridized carbons (Fsp3) is 0.292. The van der Waals surface area contributed by atoms with E-state index in [1.165, 1.54) is 5.56 Å². The third-order valence-electron chi connectivity index (χ3n) is 5.38. The van der Waals surface area contributed by atoms with Gasteiger partial charge in [-0.3, -0.25) is 4.79 Å². The average Bonchev–Trinajstić information content (AvgIpc) is 3.29. The van der Waals surface area contributed by atoms with Crippen molar-refractivity contribution >= 4 is 11.7 Å². The minimum Gasteiger partial charge on any atom is -0.356 e. The first-order chi connectivity index (χ1) is 14.1. The second-order valence-corrected chi connectivity index (χ2v) is 7.60. The maximum absolute atomic E-state index is 13.1. The molecule has 0 saturated carbocycles. The van der Waals surface area contributed by atoms with E-state index in [-0.39, 0.29) is 11.9 Å². The minimum atomic E-state index is -0.140. The van der Waals surface area contributed by atoms with Crippen molar-refractivity contribution in [1.82, 2.24) is 15.3 Å². The maximum atomic E-state index is 13.1. The van der Waals surface area contributed by atoms with Gasteiger partial charge in [0.05, 0.1) is 6.04 Å². The summed E-state index contributed by atoms with van der Waals surface area (Å²) in [5.41, 5.74) is 3.76. The molecule has 148 valence electrons. The molecule has 1 fully saturated rings. The number of nitrogens with zero attached hydrogens (tertiary/aromatic N) is 3. The van der Waals surface area contributed by atoms with E-state index in [0.29, 0.717) is 11.4 Å². The number of carbonyl (C=O) groups is 1. The van der Waals surface area contributed by atoms with Crippen LogP contribution in [0.3, 0.4) is 0 Å². The third kappa shape index (κ3) is 4.29. The summed E-state index contributed by atoms with van der Waals surface area (Å²) in [6.07, 6.45) is 3.90. The lowest BCUT2D eigenvalue weighted by molar-refractivity contribution is 0.0939. The van der Waals surface area contributed by atoms with Gasteiger partial charge in [-0.05, 0) is 32.3 Å². The Hall–Kier alpha value is -3.21. The van der Waals surface area contributed by atoms with Crippen LogP contribution in [0.15, 0.2) is 60.8 Å². The lowest BCUT2D eigenvalue weighted by Gasteiger charge is -2.21. The molecule has 1 aliphatic rings. The van der Waals surface area contributed by atoms with Crippen molar-refractivity contribution in [2.75, 3.05) is 18.0 Å². The second kappa shape index (κ2) is 8.43. The van der Waals surface area contributed by atoms with Crippen molar-refractivity contribution in [2.24, 2.45) is 0 Å². The fourth-order valence-corrected chi connectivity index (χ4v) is 3.64. The molecule has 1 saturated heterocycles. The molecule has 5 nitrogen and oxygen atoms in total. The standard InChI is InChI=1S/C24H26N4O/c1-17-10-12-20(13-11-17)22-25-16-21(23(27-22)28-14-6-7-15-28)24(29)26-18(2)19-8-4-3-5-9-19/h3-5,8-13,16,18H,6-7,14-15H2,1-2H3,(H,26,29)/t18-/m1/s1. The molecule has 1 aliphatic heterocycles. The largest absolute Gasteiger partial charge is 0.356 e. The molecule has 1 N–H and O–H groups in total. The molecule has 0 aliphatic carbocycles. The Bertz CT molecular complexity index is 980. The van der Waals surface area contributed by atoms with Crippen molar-refractivity contribution in [2.45, 2.75) is 32.7 Å². The molecule has 5 heteroatoms. The number of hydrogen-bond donors (Lipinski definition) is 1. The number of rotatable bonds is 5. The molecule has 0 unspecified atom stereocenters. The number of carbonyl (C=O) groups excluding carboxylic acids is 1. The molecule has 1 atom stereocenters. The van der Waals surface area contributed by atoms with E-state index in [1.807, 2.05) is 49.4 Å². The van der Waals surface area contributed by atoms with Gasteiger partial charge in [0.1, 0.15) is 11.4 Å². The molecule has 1 aromatic heterocycles. The molecule has 0 radical (unpaired) electrons. The molecular weight excluding hydrogens is 360 g/mol. The highest BCUT2D eigenvalue weighted by Gasteiger charge is 2.23. The maximum Gasteiger partial charge on any atom is 0.257 e. The van der Waals surface area contributed by atoms with E-state index in [2.05, 4.69) is 34.3 Å². The summed E-state index contributed by atoms with van der Waals surface area (Å²) in [5, 5.41) is 3.10. The van der Waals surface area contributed by atoms with E-state index < -0.39 is 0 Å². The Labute approximate surface area is 171 Å². The summed E-state index contributed by atoms with van der Waals surface area (Å²) in [4.78, 5) is 24.6. The van der Waals surface area contributed by atoms with Crippen molar-refractivity contribution < 1.29 is 4.79 Å². The predicted molar refractivity (Wildman–Crippen MR) is 116 cm³/mol. The monoisotopic (exact) mass is 386 g/mol. The van der Waals surface area contributed by atoms with Crippen LogP contribution in [0.25, 0.3) is 11.4 Å². The first-order valence-electron chi connectivity index (χ1n) is 10.2. The SMILES string of the molecule is Cc1ccc(-c2ncc(C(=O)N[C@H](C)c3ccccc3)c(N3CCCC3)n2)cc1. The Morgan fingerprint density at radius 2 is 1.72 bits per heavy atom. The fourth-order valence-electron chi connectivity index (χ4n) is 3.64. The van der Waals surface area contributed by atoms with Gasteiger partial charge >= 0.3 is 0 Å². The van der Waals surface area contributed by atoms with Gasteiger partial charge in [0.15, 0.2) is 5.82 Å². The van der Waals surface area contributed by atoms with E-state index in [4.69, 9.17) is 4.98 Å². The Kier molecular flexibility index (Phi) is 5.56. The third-order valence-corrected chi connectivity index (χ3v) is 5.38. The first-order valence-corrected chi connectivity index (χ1v) is 10.2. The summed E-state index contributed by atoms with van der Waals surface area (Å²) >= 11 is 0. The molecule has 3 aromatic rings. The summed E-state index contributed by atoms with van der Waals surface area (Å²) in [5.74, 6) is 1.24. The van der Waals surface area contributed by atoms with E-state index in [0.717, 1.165) is 42.9 Å². The van der Waals surface area contributed by atoms with Gasteiger partial charge in [-0.2, -0.15) is 0 Å². The van der Waals surface area contributed by atoms with Crippen LogP contribution < -0.4 is 10.2 Å². The van der Waals surface area contributed by atoms with Gasteiger partial charge in [-0.1, -0.05) is 60.2 Å². The van der Waals surface area contributed by atoms with Gasteiger partial charge in [0, 0.05) is 24.8 Å². The molecule has 2 aromatic carbocycles. The van der Waals surface area contributed by atoms with Crippen LogP contribution in [0.2, 0.25) is 0 Å². The molecule has 29 heavy (non-hydrogen) atoms. The van der Waals surface area contributed by atoms with Crippen molar-refractivity contribution in [3.05, 3.63) is 77.5 Å². The zero-order chi connectivity index (χ0) is 20.2. The summed E-state index contributed by atoms with van der Waals surface area (Å²) in [7, 11) is 0. The Morgan fingerprint density at radius 1 is 1.03 bits per heavy atom. The second-order valence-electron chi connectivity index (χ2n) is 7.60. The Morgan fingerprint density at radius 3 is 2.41 bits per heavy atom. The zero-order valence-corrected chi connectivity index (χ0v) is 16.9. The van der Waals surface area contributed by atoms with Gasteiger partial charge in [-0.25, -0.2) is 9.97 Å². The van der Waals surface area contributed by atoms with Crippen molar-refractivity contribution in [3.63, 3.8) is 0 Å². The number of aryl methyl sites for hydroxylation is 1. The van der Waals surface area contributed by atoms with Gasteiger partial charge < -0.3 is 10.2 Å². The first kappa shape index (κ1) is 19.1. The van der Waals surface area contributed by atoms with E-state index in [1.54, 1.807) is 6.20 Å². The van der Waals surface area contributed by atoms with Gasteiger partial charge in [0.25, 0.3) is 5.91 Å². The highest BCUT2D eigenvalue weighted by Crippen LogP contribution is 2.26. The highest BCUT2D eigenvalue weighted by molar-refractivity contribution is 5.99. The smallest absolute Gasteiger partial charge is 0.257 e. The van der Waals surface area contributed by atoms with Crippen LogP contribution in [-0.4, -0.2) is 29.0 Å². The summed E-state index contributed by atoms with van der Waals surface area (Å²) in [6.45, 7) is 5.88. The molecule has 4 rings (SSSR count). The van der Waals surface area contributed by atoms with E-state index in [9.17, 15) is 4.79 Å². The van der Waals surface area contributed by atoms with Crippen LogP contribution in [0, 0.1) is 6.92 Å². The zero-order valence-electron chi connectivity index (χ0n) is 16.9. The average molecular weight is 386 g/mol. The summed E-state index contributed by atoms with van der Waals surface area (Å²) < 4.78 is 0. The van der Waals surface area contributed by atoms with Crippen molar-refractivity contribution in [1.29, 1.82) is 0 Å². The summed E-state index contributed by atoms with van der Waals surface area (Å²) in [6, 6.07) is 18.0. The number of amides is 1. The highest BCUT2D eigenvalue weighted by atomic mass is 16.1. The molecule has 1 amide bonds. The number of aromatic nitrogens is 2. The van der Waals surface area contributed by atoms with Crippen LogP contribution in [0.5, 0.6) is 0 Å². The van der Waals surface area contributed by atoms with Crippen LogP contribution in [-0.2, 0) is 0 Å². The topological polar surface area (TPSA) is 58.1 Å². The van der Waals surface area contributed by atoms with Crippen molar-refractivity contribution in [3.8, 4) is 11.4 Å². The van der Waals surface area contributed by atoms with Crippen LogP contribution in [0.1, 0.15) is 47.3 Å². The number of hydrogen-bond acceptors (Lipinski definition) is 4. The molecule has 0 bridgehead atoms. The molecular formula is C24H26N4O. The number of benzene rings is 2. The quantitative estimate of drug-likeness (QED) is 0.699. The van der Waals surface area contributed by atoms with Crippen LogP contribution >= 0.6 is 0 Å². The normalized spacial score (nSPS) is 14.6. The Balaban J connectivity index is 1.64. The number of anilines is 1. The lowest BCUT2D eigenvalue weighted by Crippen LogP contribution is -2.30. The van der Waals surface area contributed by atoms with E-state index >= 15 is 0 Å². The van der Waals surface area contributed by atoms with Crippen LogP contribution in [0.4, 0.5) is 5.82 Å². The molecule has 0 spiro atoms. The predicted octanol–water partition coefficient (Wildman–Crippen LogP) is 4.54. The number of nitrogens with one attached hydrogen (secondary N) is 1. The van der Waals surface area contributed by atoms with Gasteiger partial charge in [-0.15, -0.1) is 0 Å². The van der Waals surface area contributed by atoms with Gasteiger partial charge in [0.2, 0.25) is 0 Å². The molecule has 2 heterocycles. The lowest BCUT2D eigenvalue weighted by atomic mass is 10.1. The minimum absolute atomic E-state index is 0.0908.